The van der Waals surface area contributed by atoms with Crippen molar-refractivity contribution in [2.75, 3.05) is 6.54 Å². The summed E-state index contributed by atoms with van der Waals surface area (Å²) in [5.74, 6) is -2.39. The van der Waals surface area contributed by atoms with E-state index in [0.717, 1.165) is 11.1 Å². The molecule has 2 heterocycles. The van der Waals surface area contributed by atoms with Gasteiger partial charge in [0.1, 0.15) is 18.7 Å². The lowest BCUT2D eigenvalue weighted by Gasteiger charge is -2.25. The van der Waals surface area contributed by atoms with Gasteiger partial charge in [0.15, 0.2) is 0 Å². The first-order valence-electron chi connectivity index (χ1n) is 10.9. The lowest BCUT2D eigenvalue weighted by Crippen LogP contribution is -2.56. The second-order valence-electron chi connectivity index (χ2n) is 8.22. The van der Waals surface area contributed by atoms with Crippen LogP contribution < -0.4 is 16.0 Å². The lowest BCUT2D eigenvalue weighted by atomic mass is 9.99. The molecule has 0 saturated carbocycles. The lowest BCUT2D eigenvalue weighted by molar-refractivity contribution is -0.140. The molecular weight excluding hydrogens is 424 g/mol. The van der Waals surface area contributed by atoms with Crippen molar-refractivity contribution in [1.82, 2.24) is 20.9 Å². The number of aromatic nitrogens is 1. The van der Waals surface area contributed by atoms with Gasteiger partial charge in [-0.3, -0.25) is 19.4 Å². The smallest absolute Gasteiger partial charge is 0.408 e. The maximum absolute atomic E-state index is 13.0. The predicted octanol–water partition coefficient (Wildman–Crippen LogP) is 1.30. The summed E-state index contributed by atoms with van der Waals surface area (Å²) in [5.41, 5.74) is 2.38. The molecule has 1 aliphatic heterocycles. The molecule has 3 N–H and O–H groups in total. The fourth-order valence-corrected chi connectivity index (χ4v) is 3.47. The number of carbonyl (C=O) groups is 4. The van der Waals surface area contributed by atoms with Gasteiger partial charge in [-0.25, -0.2) is 4.79 Å². The minimum atomic E-state index is -1.11. The van der Waals surface area contributed by atoms with E-state index in [-0.39, 0.29) is 18.9 Å². The Morgan fingerprint density at radius 1 is 1.18 bits per heavy atom. The molecule has 1 aliphatic rings. The molecule has 0 aliphatic carbocycles. The van der Waals surface area contributed by atoms with Crippen molar-refractivity contribution in [1.29, 1.82) is 0 Å². The molecule has 0 radical (unpaired) electrons. The average Bonchev–Trinajstić information content (AvgIpc) is 2.80. The van der Waals surface area contributed by atoms with Crippen LogP contribution in [0.4, 0.5) is 4.79 Å². The minimum absolute atomic E-state index is 0.0579. The van der Waals surface area contributed by atoms with Gasteiger partial charge in [-0.2, -0.15) is 0 Å². The topological polar surface area (TPSA) is 126 Å². The molecule has 3 amide bonds. The van der Waals surface area contributed by atoms with Crippen molar-refractivity contribution in [2.24, 2.45) is 5.92 Å². The summed E-state index contributed by atoms with van der Waals surface area (Å²) < 4.78 is 5.21. The number of rotatable bonds is 6. The number of hydrogen-bond acceptors (Lipinski definition) is 6. The van der Waals surface area contributed by atoms with Crippen molar-refractivity contribution in [3.05, 3.63) is 65.5 Å². The number of hydrogen-bond donors (Lipinski definition) is 3. The number of fused-ring (bicyclic) bond motifs is 2. The summed E-state index contributed by atoms with van der Waals surface area (Å²) in [7, 11) is 0. The van der Waals surface area contributed by atoms with Gasteiger partial charge in [0.05, 0.1) is 0 Å². The molecule has 1 aromatic carbocycles. The summed E-state index contributed by atoms with van der Waals surface area (Å²) in [5, 5.41) is 7.76. The van der Waals surface area contributed by atoms with Crippen LogP contribution >= 0.6 is 0 Å². The number of benzene rings is 1. The molecule has 3 rings (SSSR count). The monoisotopic (exact) mass is 452 g/mol. The fraction of sp³-hybridized carbons (Fsp3) is 0.375. The highest BCUT2D eigenvalue weighted by molar-refractivity contribution is 6.38. The zero-order valence-electron chi connectivity index (χ0n) is 18.7. The van der Waals surface area contributed by atoms with Crippen LogP contribution in [0.5, 0.6) is 0 Å². The van der Waals surface area contributed by atoms with Gasteiger partial charge < -0.3 is 20.7 Å². The Bertz CT molecular complexity index is 1010. The highest BCUT2D eigenvalue weighted by Gasteiger charge is 2.32. The molecule has 2 aromatic rings. The van der Waals surface area contributed by atoms with Gasteiger partial charge >= 0.3 is 6.09 Å². The van der Waals surface area contributed by atoms with E-state index < -0.39 is 35.8 Å². The van der Waals surface area contributed by atoms with E-state index in [1.165, 1.54) is 0 Å². The largest absolute Gasteiger partial charge is 0.445 e. The van der Waals surface area contributed by atoms with Gasteiger partial charge in [-0.15, -0.1) is 0 Å². The molecule has 174 valence electrons. The van der Waals surface area contributed by atoms with Gasteiger partial charge in [0, 0.05) is 24.9 Å². The van der Waals surface area contributed by atoms with Crippen molar-refractivity contribution in [3.8, 4) is 0 Å². The molecular formula is C24H28N4O5. The molecule has 9 nitrogen and oxygen atoms in total. The second kappa shape index (κ2) is 11.2. The van der Waals surface area contributed by atoms with E-state index >= 15 is 0 Å². The standard InChI is InChI=1S/C24H28N4O5/c1-15(2)20(28-24(32)33-14-17-6-4-3-5-7-17)22(30)27-19-13-18-12-16(8-10-25-18)9-11-26-23(31)21(19)29/h3-8,10,12,15,19-20H,9,11,13-14H2,1-2H3,(H,26,31)(H,27,30)(H,28,32). The zero-order chi connectivity index (χ0) is 23.8. The van der Waals surface area contributed by atoms with E-state index in [0.29, 0.717) is 18.7 Å². The van der Waals surface area contributed by atoms with Crippen LogP contribution in [-0.4, -0.2) is 47.3 Å². The Morgan fingerprint density at radius 2 is 1.94 bits per heavy atom. The Labute approximate surface area is 192 Å². The summed E-state index contributed by atoms with van der Waals surface area (Å²) in [4.78, 5) is 54.5. The Kier molecular flexibility index (Phi) is 8.12. The molecule has 0 saturated heterocycles. The molecule has 9 heteroatoms. The van der Waals surface area contributed by atoms with Crippen LogP contribution in [0.1, 0.15) is 30.7 Å². The van der Waals surface area contributed by atoms with Gasteiger partial charge in [0.25, 0.3) is 5.91 Å². The summed E-state index contributed by atoms with van der Waals surface area (Å²) >= 11 is 0. The van der Waals surface area contributed by atoms with Crippen LogP contribution in [0.3, 0.4) is 0 Å². The minimum Gasteiger partial charge on any atom is -0.445 e. The number of nitrogens with zero attached hydrogens (tertiary/aromatic N) is 1. The average molecular weight is 453 g/mol. The molecule has 2 unspecified atom stereocenters. The molecule has 2 atom stereocenters. The molecule has 0 fully saturated rings. The number of pyridine rings is 1. The molecule has 2 bridgehead atoms. The quantitative estimate of drug-likeness (QED) is 0.567. The van der Waals surface area contributed by atoms with Crippen molar-refractivity contribution in [2.45, 2.75) is 45.4 Å². The predicted molar refractivity (Wildman–Crippen MR) is 120 cm³/mol. The number of alkyl carbamates (subject to hydrolysis) is 1. The first-order valence-corrected chi connectivity index (χ1v) is 10.9. The van der Waals surface area contributed by atoms with E-state index in [4.69, 9.17) is 4.74 Å². The third-order valence-corrected chi connectivity index (χ3v) is 5.29. The fourth-order valence-electron chi connectivity index (χ4n) is 3.47. The van der Waals surface area contributed by atoms with Gasteiger partial charge in [-0.1, -0.05) is 44.2 Å². The van der Waals surface area contributed by atoms with Crippen LogP contribution in [0, 0.1) is 5.92 Å². The Balaban J connectivity index is 1.68. The van der Waals surface area contributed by atoms with Crippen molar-refractivity contribution < 1.29 is 23.9 Å². The SMILES string of the molecule is CC(C)C(NC(=O)OCc1ccccc1)C(=O)NC1Cc2cc(ccn2)CCNC(=O)C1=O. The first kappa shape index (κ1) is 23.9. The summed E-state index contributed by atoms with van der Waals surface area (Å²) in [6.07, 6.45) is 1.53. The number of amides is 3. The molecule has 1 aromatic heterocycles. The highest BCUT2D eigenvalue weighted by Crippen LogP contribution is 2.10. The third kappa shape index (κ3) is 6.86. The maximum Gasteiger partial charge on any atom is 0.408 e. The van der Waals surface area contributed by atoms with E-state index in [9.17, 15) is 19.2 Å². The van der Waals surface area contributed by atoms with E-state index in [2.05, 4.69) is 20.9 Å². The van der Waals surface area contributed by atoms with Gasteiger partial charge in [-0.05, 0) is 35.6 Å². The highest BCUT2D eigenvalue weighted by atomic mass is 16.5. The zero-order valence-corrected chi connectivity index (χ0v) is 18.7. The normalized spacial score (nSPS) is 17.0. The summed E-state index contributed by atoms with van der Waals surface area (Å²) in [6.45, 7) is 3.88. The molecule has 33 heavy (non-hydrogen) atoms. The number of ketones is 1. The van der Waals surface area contributed by atoms with Crippen molar-refractivity contribution in [3.63, 3.8) is 0 Å². The van der Waals surface area contributed by atoms with Crippen LogP contribution in [0.25, 0.3) is 0 Å². The van der Waals surface area contributed by atoms with E-state index in [1.54, 1.807) is 20.0 Å². The number of Topliss-reactive ketones (excluding diaryl/α,β-unsaturated/α-hetero) is 1. The number of ether oxygens (including phenoxy) is 1. The molecule has 0 spiro atoms. The first-order chi connectivity index (χ1) is 15.8. The van der Waals surface area contributed by atoms with E-state index in [1.807, 2.05) is 42.5 Å². The number of carbonyl (C=O) groups excluding carboxylic acids is 4. The maximum atomic E-state index is 13.0. The van der Waals surface area contributed by atoms with Crippen LogP contribution in [0.2, 0.25) is 0 Å². The Morgan fingerprint density at radius 3 is 2.67 bits per heavy atom. The summed E-state index contributed by atoms with van der Waals surface area (Å²) in [6, 6.07) is 10.8. The van der Waals surface area contributed by atoms with Crippen LogP contribution in [0.15, 0.2) is 48.7 Å². The Hall–Kier alpha value is -3.75. The number of nitrogens with one attached hydrogen (secondary N) is 3. The third-order valence-electron chi connectivity index (χ3n) is 5.29. The van der Waals surface area contributed by atoms with Crippen molar-refractivity contribution >= 4 is 23.7 Å². The van der Waals surface area contributed by atoms with Gasteiger partial charge in [0.2, 0.25) is 11.7 Å². The van der Waals surface area contributed by atoms with Crippen LogP contribution in [-0.2, 0) is 38.6 Å². The second-order valence-corrected chi connectivity index (χ2v) is 8.22.